The monoisotopic (exact) mass is 345 g/mol. The largest absolute Gasteiger partial charge is 0.490 e. The maximum Gasteiger partial charge on any atom is 0.341 e. The zero-order valence-electron chi connectivity index (χ0n) is 14.4. The van der Waals surface area contributed by atoms with E-state index in [9.17, 15) is 9.59 Å². The van der Waals surface area contributed by atoms with Gasteiger partial charge in [-0.15, -0.1) is 0 Å². The molecular weight excluding hydrogens is 322 g/mol. The number of amides is 1. The highest BCUT2D eigenvalue weighted by molar-refractivity contribution is 5.98. The Balaban J connectivity index is 1.61. The van der Waals surface area contributed by atoms with Crippen LogP contribution < -0.4 is 4.74 Å². The van der Waals surface area contributed by atoms with Crippen molar-refractivity contribution in [2.45, 2.75) is 50.8 Å². The number of nitrogens with zero attached hydrogens (tertiary/aromatic N) is 1. The average molecular weight is 345 g/mol. The number of hydrogen-bond acceptors (Lipinski definition) is 5. The average Bonchev–Trinajstić information content (AvgIpc) is 3.39. The predicted octanol–water partition coefficient (Wildman–Crippen LogP) is 2.41. The summed E-state index contributed by atoms with van der Waals surface area (Å²) >= 11 is 0. The fraction of sp³-hybridized carbons (Fsp3) is 0.579. The number of carbonyl (C=O) groups is 2. The lowest BCUT2D eigenvalue weighted by molar-refractivity contribution is -0.00718. The van der Waals surface area contributed by atoms with Crippen LogP contribution in [0.25, 0.3) is 0 Å². The van der Waals surface area contributed by atoms with Crippen molar-refractivity contribution in [1.82, 2.24) is 4.90 Å². The molecule has 2 aliphatic heterocycles. The molecule has 0 N–H and O–H groups in total. The molecule has 6 heteroatoms. The van der Waals surface area contributed by atoms with Gasteiger partial charge in [0, 0.05) is 5.56 Å². The third kappa shape index (κ3) is 3.23. The molecule has 2 unspecified atom stereocenters. The van der Waals surface area contributed by atoms with Crippen LogP contribution in [0.15, 0.2) is 18.2 Å². The quantitative estimate of drug-likeness (QED) is 0.767. The number of morpholine rings is 1. The number of ether oxygens (including phenoxy) is 3. The third-order valence-electron chi connectivity index (χ3n) is 5.02. The molecule has 3 aliphatic rings. The molecule has 0 spiro atoms. The van der Waals surface area contributed by atoms with E-state index in [1.807, 2.05) is 4.90 Å². The van der Waals surface area contributed by atoms with Gasteiger partial charge in [0.2, 0.25) is 0 Å². The van der Waals surface area contributed by atoms with Crippen molar-refractivity contribution < 1.29 is 23.8 Å². The molecule has 1 aliphatic carbocycles. The standard InChI is InChI=1S/C19H23NO5/c1-2-24-19(22)16-8-3-12(9-17(16)25-15-6-7-15)18(21)20-13-4-5-14(20)11-23-10-13/h3,8-9,13-15H,2,4-7,10-11H2,1H3. The molecule has 0 radical (unpaired) electrons. The number of carbonyl (C=O) groups excluding carboxylic acids is 2. The molecule has 6 nitrogen and oxygen atoms in total. The molecule has 2 atom stereocenters. The fourth-order valence-corrected chi connectivity index (χ4v) is 3.60. The van der Waals surface area contributed by atoms with E-state index in [4.69, 9.17) is 14.2 Å². The summed E-state index contributed by atoms with van der Waals surface area (Å²) in [5.74, 6) is 0.0304. The predicted molar refractivity (Wildman–Crippen MR) is 89.8 cm³/mol. The van der Waals surface area contributed by atoms with Crippen molar-refractivity contribution >= 4 is 11.9 Å². The number of hydrogen-bond donors (Lipinski definition) is 0. The van der Waals surface area contributed by atoms with Gasteiger partial charge in [-0.2, -0.15) is 0 Å². The Hall–Kier alpha value is -2.08. The van der Waals surface area contributed by atoms with E-state index >= 15 is 0 Å². The smallest absolute Gasteiger partial charge is 0.341 e. The second-order valence-corrected chi connectivity index (χ2v) is 6.88. The topological polar surface area (TPSA) is 65.1 Å². The van der Waals surface area contributed by atoms with Gasteiger partial charge < -0.3 is 19.1 Å². The van der Waals surface area contributed by atoms with Crippen LogP contribution in [0.1, 0.15) is 53.3 Å². The van der Waals surface area contributed by atoms with Crippen LogP contribution in [-0.4, -0.2) is 54.8 Å². The summed E-state index contributed by atoms with van der Waals surface area (Å²) < 4.78 is 16.5. The second-order valence-electron chi connectivity index (χ2n) is 6.88. The first-order valence-electron chi connectivity index (χ1n) is 9.05. The second kappa shape index (κ2) is 6.67. The van der Waals surface area contributed by atoms with Crippen molar-refractivity contribution in [2.24, 2.45) is 0 Å². The van der Waals surface area contributed by atoms with E-state index < -0.39 is 5.97 Å². The molecule has 2 saturated heterocycles. The SMILES string of the molecule is CCOC(=O)c1ccc(C(=O)N2C3CCC2COC3)cc1OC1CC1. The lowest BCUT2D eigenvalue weighted by atomic mass is 10.1. The van der Waals surface area contributed by atoms with Gasteiger partial charge in [0.15, 0.2) is 0 Å². The van der Waals surface area contributed by atoms with Crippen LogP contribution in [0.5, 0.6) is 5.75 Å². The molecule has 1 saturated carbocycles. The fourth-order valence-electron chi connectivity index (χ4n) is 3.60. The zero-order valence-corrected chi connectivity index (χ0v) is 14.4. The van der Waals surface area contributed by atoms with E-state index in [2.05, 4.69) is 0 Å². The summed E-state index contributed by atoms with van der Waals surface area (Å²) in [6, 6.07) is 5.35. The van der Waals surface area contributed by atoms with Crippen LogP contribution in [0.3, 0.4) is 0 Å². The first-order chi connectivity index (χ1) is 12.2. The molecule has 1 amide bonds. The lowest BCUT2D eigenvalue weighted by Gasteiger charge is -2.34. The lowest BCUT2D eigenvalue weighted by Crippen LogP contribution is -2.49. The van der Waals surface area contributed by atoms with E-state index in [-0.39, 0.29) is 24.1 Å². The summed E-state index contributed by atoms with van der Waals surface area (Å²) in [5, 5.41) is 0. The van der Waals surface area contributed by atoms with E-state index in [1.165, 1.54) is 0 Å². The van der Waals surface area contributed by atoms with Crippen LogP contribution in [0.2, 0.25) is 0 Å². The van der Waals surface area contributed by atoms with Gasteiger partial charge in [-0.25, -0.2) is 4.79 Å². The molecule has 1 aromatic rings. The van der Waals surface area contributed by atoms with Gasteiger partial charge in [-0.1, -0.05) is 0 Å². The Morgan fingerprint density at radius 2 is 1.88 bits per heavy atom. The van der Waals surface area contributed by atoms with Gasteiger partial charge in [0.1, 0.15) is 11.3 Å². The zero-order chi connectivity index (χ0) is 17.4. The first kappa shape index (κ1) is 16.4. The van der Waals surface area contributed by atoms with E-state index in [0.29, 0.717) is 36.7 Å². The molecule has 134 valence electrons. The molecule has 25 heavy (non-hydrogen) atoms. The Kier molecular flexibility index (Phi) is 4.37. The first-order valence-corrected chi connectivity index (χ1v) is 9.05. The number of fused-ring (bicyclic) bond motifs is 2. The highest BCUT2D eigenvalue weighted by Crippen LogP contribution is 2.33. The van der Waals surface area contributed by atoms with Crippen molar-refractivity contribution in [3.63, 3.8) is 0 Å². The van der Waals surface area contributed by atoms with Gasteiger partial charge in [0.25, 0.3) is 5.91 Å². The Bertz CT molecular complexity index is 668. The van der Waals surface area contributed by atoms with Crippen molar-refractivity contribution in [3.05, 3.63) is 29.3 Å². The Morgan fingerprint density at radius 3 is 2.52 bits per heavy atom. The summed E-state index contributed by atoms with van der Waals surface area (Å²) in [5.41, 5.74) is 0.942. The number of rotatable bonds is 5. The Labute approximate surface area is 147 Å². The van der Waals surface area contributed by atoms with Crippen LogP contribution in [0.4, 0.5) is 0 Å². The van der Waals surface area contributed by atoms with Gasteiger partial charge >= 0.3 is 5.97 Å². The third-order valence-corrected chi connectivity index (χ3v) is 5.02. The van der Waals surface area contributed by atoms with E-state index in [0.717, 1.165) is 25.7 Å². The van der Waals surface area contributed by atoms with E-state index in [1.54, 1.807) is 25.1 Å². The minimum atomic E-state index is -0.413. The molecule has 2 heterocycles. The van der Waals surface area contributed by atoms with Crippen molar-refractivity contribution in [3.8, 4) is 5.75 Å². The minimum absolute atomic E-state index is 0.00754. The summed E-state index contributed by atoms with van der Waals surface area (Å²) in [4.78, 5) is 27.1. The van der Waals surface area contributed by atoms with Crippen molar-refractivity contribution in [1.29, 1.82) is 0 Å². The van der Waals surface area contributed by atoms with Crippen molar-refractivity contribution in [2.75, 3.05) is 19.8 Å². The van der Waals surface area contributed by atoms with Gasteiger partial charge in [-0.3, -0.25) is 4.79 Å². The maximum atomic E-state index is 13.0. The van der Waals surface area contributed by atoms with Crippen LogP contribution in [0, 0.1) is 0 Å². The highest BCUT2D eigenvalue weighted by Gasteiger charge is 2.41. The molecule has 1 aromatic carbocycles. The molecule has 3 fully saturated rings. The molecule has 2 bridgehead atoms. The Morgan fingerprint density at radius 1 is 1.16 bits per heavy atom. The maximum absolute atomic E-state index is 13.0. The number of esters is 1. The minimum Gasteiger partial charge on any atom is -0.490 e. The summed E-state index contributed by atoms with van der Waals surface area (Å²) in [7, 11) is 0. The summed E-state index contributed by atoms with van der Waals surface area (Å²) in [6.45, 7) is 3.29. The van der Waals surface area contributed by atoms with Gasteiger partial charge in [0.05, 0.1) is 38.0 Å². The highest BCUT2D eigenvalue weighted by atomic mass is 16.5. The van der Waals surface area contributed by atoms with Gasteiger partial charge in [-0.05, 0) is 50.8 Å². The molecular formula is C19H23NO5. The number of benzene rings is 1. The normalized spacial score (nSPS) is 24.9. The van der Waals surface area contributed by atoms with Crippen LogP contribution in [-0.2, 0) is 9.47 Å². The molecule has 4 rings (SSSR count). The summed E-state index contributed by atoms with van der Waals surface area (Å²) in [6.07, 6.45) is 4.08. The molecule has 0 aromatic heterocycles. The van der Waals surface area contributed by atoms with Crippen LogP contribution >= 0.6 is 0 Å².